The number of hydrogen-bond donors (Lipinski definition) is 0. The highest BCUT2D eigenvalue weighted by Crippen LogP contribution is 2.19. The van der Waals surface area contributed by atoms with Crippen molar-refractivity contribution in [2.75, 3.05) is 0 Å². The molecule has 0 spiro atoms. The first-order valence-corrected chi connectivity index (χ1v) is 4.31. The molecule has 3 nitrogen and oxygen atoms in total. The molecule has 1 unspecified atom stereocenters. The first-order valence-electron chi connectivity index (χ1n) is 4.31. The van der Waals surface area contributed by atoms with E-state index >= 15 is 0 Å². The molecule has 1 rings (SSSR count). The predicted molar refractivity (Wildman–Crippen MR) is 48.9 cm³/mol. The molecule has 0 aromatic rings. The molecular weight excluding hydrogens is 165 g/mol. The molecular formula is C9H11BNO2. The number of allylic oxidation sites excluding steroid dienone is 1. The molecule has 0 amide bonds. The van der Waals surface area contributed by atoms with E-state index in [-0.39, 0.29) is 11.8 Å². The quantitative estimate of drug-likeness (QED) is 0.479. The van der Waals surface area contributed by atoms with E-state index in [1.807, 2.05) is 6.08 Å². The van der Waals surface area contributed by atoms with Crippen LogP contribution in [0.15, 0.2) is 11.5 Å². The van der Waals surface area contributed by atoms with E-state index in [0.717, 1.165) is 18.3 Å². The van der Waals surface area contributed by atoms with E-state index in [1.54, 1.807) is 13.5 Å². The van der Waals surface area contributed by atoms with Gasteiger partial charge >= 0.3 is 0 Å². The summed E-state index contributed by atoms with van der Waals surface area (Å²) in [5.74, 6) is 0. The van der Waals surface area contributed by atoms with E-state index < -0.39 is 0 Å². The molecule has 1 aliphatic carbocycles. The molecule has 0 aromatic heterocycles. The summed E-state index contributed by atoms with van der Waals surface area (Å²) < 4.78 is 4.83. The molecule has 0 saturated heterocycles. The third-order valence-electron chi connectivity index (χ3n) is 1.97. The van der Waals surface area contributed by atoms with Gasteiger partial charge in [-0.15, -0.1) is 0 Å². The zero-order chi connectivity index (χ0) is 9.68. The molecule has 0 N–H and O–H groups in total. The summed E-state index contributed by atoms with van der Waals surface area (Å²) in [7, 11) is 1.60. The summed E-state index contributed by atoms with van der Waals surface area (Å²) in [5, 5.41) is 8.32. The molecule has 0 fully saturated rings. The van der Waals surface area contributed by atoms with Gasteiger partial charge in [0.1, 0.15) is 6.10 Å². The lowest BCUT2D eigenvalue weighted by Crippen LogP contribution is -2.19. The van der Waals surface area contributed by atoms with Gasteiger partial charge in [-0.25, -0.2) is 0 Å². The summed E-state index contributed by atoms with van der Waals surface area (Å²) >= 11 is 0. The van der Waals surface area contributed by atoms with Crippen molar-refractivity contribution in [3.05, 3.63) is 11.5 Å². The molecule has 0 aliphatic heterocycles. The molecule has 67 valence electrons. The Balaban J connectivity index is 2.45. The van der Waals surface area contributed by atoms with E-state index in [4.69, 9.17) is 10.00 Å². The Morgan fingerprint density at radius 1 is 1.85 bits per heavy atom. The molecule has 0 bridgehead atoms. The predicted octanol–water partition coefficient (Wildman–Crippen LogP) is 1.17. The number of carbonyl (C=O) groups is 1. The fourth-order valence-electron chi connectivity index (χ4n) is 1.46. The minimum Gasteiger partial charge on any atom is -0.424 e. The van der Waals surface area contributed by atoms with E-state index in [0.29, 0.717) is 6.42 Å². The minimum absolute atomic E-state index is 0.0411. The smallest absolute Gasteiger partial charge is 0.286 e. The summed E-state index contributed by atoms with van der Waals surface area (Å²) in [6.07, 6.45) is 6.09. The molecule has 1 radical (unpaired) electrons. The van der Waals surface area contributed by atoms with Gasteiger partial charge in [-0.3, -0.25) is 0 Å². The van der Waals surface area contributed by atoms with Crippen LogP contribution in [0, 0.1) is 11.5 Å². The van der Waals surface area contributed by atoms with Crippen LogP contribution in [0.4, 0.5) is 0 Å². The molecule has 4 heteroatoms. The lowest BCUT2D eigenvalue weighted by molar-refractivity contribution is -0.110. The van der Waals surface area contributed by atoms with Gasteiger partial charge < -0.3 is 9.53 Å². The van der Waals surface area contributed by atoms with Crippen LogP contribution in [0.3, 0.4) is 0 Å². The molecule has 1 atom stereocenters. The van der Waals surface area contributed by atoms with Gasteiger partial charge in [0.15, 0.2) is 0 Å². The van der Waals surface area contributed by atoms with Gasteiger partial charge in [0.2, 0.25) is 7.28 Å². The highest BCUT2D eigenvalue weighted by molar-refractivity contribution is 6.79. The fourth-order valence-corrected chi connectivity index (χ4v) is 1.46. The Kier molecular flexibility index (Phi) is 3.57. The average Bonchev–Trinajstić information content (AvgIpc) is 2.04. The van der Waals surface area contributed by atoms with Gasteiger partial charge in [0.25, 0.3) is 6.26 Å². The largest absolute Gasteiger partial charge is 0.424 e. The first-order chi connectivity index (χ1) is 6.22. The zero-order valence-electron chi connectivity index (χ0n) is 7.62. The number of ether oxygens (including phenoxy) is 1. The zero-order valence-corrected chi connectivity index (χ0v) is 7.62. The normalized spacial score (nSPS) is 21.2. The van der Waals surface area contributed by atoms with Crippen molar-refractivity contribution in [2.45, 2.75) is 32.3 Å². The highest BCUT2D eigenvalue weighted by Gasteiger charge is 2.17. The van der Waals surface area contributed by atoms with Gasteiger partial charge in [0, 0.05) is 0 Å². The van der Waals surface area contributed by atoms with Crippen LogP contribution in [0.1, 0.15) is 26.2 Å². The molecule has 13 heavy (non-hydrogen) atoms. The number of hydrogen-bond acceptors (Lipinski definition) is 3. The third kappa shape index (κ3) is 3.33. The van der Waals surface area contributed by atoms with Crippen LogP contribution >= 0.6 is 0 Å². The van der Waals surface area contributed by atoms with Crippen LogP contribution < -0.4 is 0 Å². The first kappa shape index (κ1) is 9.85. The average molecular weight is 176 g/mol. The van der Waals surface area contributed by atoms with Crippen molar-refractivity contribution in [3.8, 4) is 6.26 Å². The lowest BCUT2D eigenvalue weighted by Gasteiger charge is -2.19. The Hall–Kier alpha value is -1.24. The maximum Gasteiger partial charge on any atom is 0.286 e. The number of rotatable bonds is 3. The Bertz CT molecular complexity index is 267. The summed E-state index contributed by atoms with van der Waals surface area (Å²) in [6, 6.07) is 0. The van der Waals surface area contributed by atoms with Crippen molar-refractivity contribution in [3.63, 3.8) is 0 Å². The second kappa shape index (κ2) is 4.71. The van der Waals surface area contributed by atoms with Gasteiger partial charge in [-0.2, -0.15) is 5.26 Å². The summed E-state index contributed by atoms with van der Waals surface area (Å²) in [6.45, 7) is 1.52. The SMILES string of the molecule is CC(=O)[B]C1=CCCC(OC#N)C1. The van der Waals surface area contributed by atoms with E-state index in [9.17, 15) is 4.79 Å². The topological polar surface area (TPSA) is 50.1 Å². The standard InChI is InChI=1S/C9H11BNO2/c1-7(12)10-8-3-2-4-9(5-8)13-6-11/h3,9H,2,4-5H2,1H3. The monoisotopic (exact) mass is 176 g/mol. The minimum atomic E-state index is -0.0411. The molecule has 0 heterocycles. The second-order valence-electron chi connectivity index (χ2n) is 3.15. The number of carbonyl (C=O) groups excluding carboxylic acids is 1. The number of nitrogens with zero attached hydrogens (tertiary/aromatic N) is 1. The second-order valence-corrected chi connectivity index (χ2v) is 3.15. The van der Waals surface area contributed by atoms with E-state index in [2.05, 4.69) is 0 Å². The van der Waals surface area contributed by atoms with Crippen molar-refractivity contribution in [2.24, 2.45) is 0 Å². The third-order valence-corrected chi connectivity index (χ3v) is 1.97. The van der Waals surface area contributed by atoms with Crippen molar-refractivity contribution in [1.82, 2.24) is 0 Å². The van der Waals surface area contributed by atoms with Crippen molar-refractivity contribution < 1.29 is 9.53 Å². The highest BCUT2D eigenvalue weighted by atomic mass is 16.5. The van der Waals surface area contributed by atoms with Crippen LogP contribution in [-0.4, -0.2) is 19.1 Å². The molecule has 0 saturated carbocycles. The van der Waals surface area contributed by atoms with Crippen LogP contribution in [0.25, 0.3) is 0 Å². The van der Waals surface area contributed by atoms with Gasteiger partial charge in [-0.05, 0) is 26.2 Å². The molecule has 0 aromatic carbocycles. The van der Waals surface area contributed by atoms with Crippen molar-refractivity contribution in [1.29, 1.82) is 5.26 Å². The van der Waals surface area contributed by atoms with Crippen LogP contribution in [0.2, 0.25) is 0 Å². The Morgan fingerprint density at radius 3 is 3.23 bits per heavy atom. The fraction of sp³-hybridized carbons (Fsp3) is 0.556. The Morgan fingerprint density at radius 2 is 2.62 bits per heavy atom. The van der Waals surface area contributed by atoms with Crippen molar-refractivity contribution >= 4 is 13.0 Å². The maximum absolute atomic E-state index is 10.8. The lowest BCUT2D eigenvalue weighted by atomic mass is 9.62. The summed E-state index contributed by atoms with van der Waals surface area (Å²) in [5.41, 5.74) is 1.03. The van der Waals surface area contributed by atoms with E-state index in [1.165, 1.54) is 6.92 Å². The van der Waals surface area contributed by atoms with Crippen LogP contribution in [-0.2, 0) is 9.53 Å². The number of nitriles is 1. The van der Waals surface area contributed by atoms with Gasteiger partial charge in [-0.1, -0.05) is 11.5 Å². The molecule has 1 aliphatic rings. The van der Waals surface area contributed by atoms with Gasteiger partial charge in [0.05, 0.1) is 5.68 Å². The Labute approximate surface area is 78.6 Å². The summed E-state index contributed by atoms with van der Waals surface area (Å²) in [4.78, 5) is 10.8. The maximum atomic E-state index is 10.8. The van der Waals surface area contributed by atoms with Crippen LogP contribution in [0.5, 0.6) is 0 Å².